The zero-order valence-electron chi connectivity index (χ0n) is 19.4. The number of thiazole rings is 1. The summed E-state index contributed by atoms with van der Waals surface area (Å²) in [6, 6.07) is -4.18. The summed E-state index contributed by atoms with van der Waals surface area (Å²) in [5.41, 5.74) is 0. The molecule has 15 heteroatoms. The minimum absolute atomic E-state index is 0.0290. The van der Waals surface area contributed by atoms with Gasteiger partial charge >= 0.3 is 12.2 Å². The van der Waals surface area contributed by atoms with Crippen LogP contribution in [0.25, 0.3) is 0 Å². The lowest BCUT2D eigenvalue weighted by molar-refractivity contribution is -0.149. The number of alkyl halides is 5. The van der Waals surface area contributed by atoms with Crippen LogP contribution in [0.15, 0.2) is 18.1 Å². The van der Waals surface area contributed by atoms with Crippen LogP contribution in [0.3, 0.4) is 0 Å². The maximum Gasteiger partial charge on any atom is 0.410 e. The van der Waals surface area contributed by atoms with E-state index >= 15 is 0 Å². The number of hydrogen-bond donors (Lipinski definition) is 3. The van der Waals surface area contributed by atoms with Crippen molar-refractivity contribution in [1.82, 2.24) is 20.5 Å². The maximum absolute atomic E-state index is 14.2. The number of halogens is 6. The topological polar surface area (TPSA) is 103 Å². The molecule has 0 spiro atoms. The van der Waals surface area contributed by atoms with Crippen molar-refractivity contribution < 1.29 is 40.7 Å². The largest absolute Gasteiger partial charge is 0.410 e. The first-order valence-electron chi connectivity index (χ1n) is 11.7. The lowest BCUT2D eigenvalue weighted by atomic mass is 9.81. The van der Waals surface area contributed by atoms with E-state index in [0.29, 0.717) is 4.88 Å². The molecule has 1 aromatic heterocycles. The summed E-state index contributed by atoms with van der Waals surface area (Å²) in [6.07, 6.45) is -1.71. The fourth-order valence-corrected chi connectivity index (χ4v) is 5.10. The lowest BCUT2D eigenvalue weighted by Crippen LogP contribution is -2.50. The number of carbonyl (C=O) groups excluding carboxylic acids is 3. The first-order chi connectivity index (χ1) is 17.3. The van der Waals surface area contributed by atoms with Crippen LogP contribution in [0.4, 0.5) is 36.3 Å². The molecule has 2 atom stereocenters. The fraction of sp³-hybridized carbons (Fsp3) is 0.636. The molecule has 2 aliphatic carbocycles. The van der Waals surface area contributed by atoms with Crippen molar-refractivity contribution in [2.75, 3.05) is 11.9 Å². The van der Waals surface area contributed by atoms with E-state index in [0.717, 1.165) is 29.1 Å². The predicted octanol–water partition coefficient (Wildman–Crippen LogP) is 4.11. The Morgan fingerprint density at radius 3 is 2.51 bits per heavy atom. The molecule has 0 radical (unpaired) electrons. The Balaban J connectivity index is 1.40. The number of nitrogens with zero attached hydrogens (tertiary/aromatic N) is 2. The Morgan fingerprint density at radius 2 is 1.92 bits per heavy atom. The smallest absolute Gasteiger partial charge is 0.338 e. The number of carbonyl (C=O) groups is 3. The summed E-state index contributed by atoms with van der Waals surface area (Å²) in [6.45, 7) is -0.761. The van der Waals surface area contributed by atoms with Crippen LogP contribution in [0, 0.1) is 11.8 Å². The van der Waals surface area contributed by atoms with Gasteiger partial charge in [0.05, 0.1) is 13.1 Å². The highest BCUT2D eigenvalue weighted by molar-refractivity contribution is 7.15. The third-order valence-corrected chi connectivity index (χ3v) is 7.43. The molecule has 1 aromatic rings. The molecule has 0 unspecified atom stereocenters. The minimum Gasteiger partial charge on any atom is -0.338 e. The SMILES string of the molecule is O=C(N[C@H](C(=O)Nc1ncc(CN2C[C@@H](C(F)(F)F)NC2=O)s1)C1CCC(F)(F)CC1)/C(F)=C\C1CC1. The van der Waals surface area contributed by atoms with Crippen LogP contribution >= 0.6 is 11.3 Å². The molecule has 2 heterocycles. The van der Waals surface area contributed by atoms with Gasteiger partial charge in [-0.1, -0.05) is 11.3 Å². The maximum atomic E-state index is 14.2. The standard InChI is InChI=1S/C22H25F6N5O3S/c23-14(7-11-1-2-11)17(34)31-16(12-3-5-21(24,25)6-4-12)18(35)32-19-29-8-13(37-19)9-33-10-15(22(26,27)28)30-20(33)36/h7-8,11-12,15-16H,1-6,9-10H2,(H,30,36)(H,31,34)(H,29,32,35)/b14-7+/t15-,16-/m0/s1. The Kier molecular flexibility index (Phi) is 7.72. The number of allylic oxidation sites excluding steroid dienone is 1. The first kappa shape index (κ1) is 27.2. The highest BCUT2D eigenvalue weighted by Gasteiger charge is 2.47. The summed E-state index contributed by atoms with van der Waals surface area (Å²) < 4.78 is 80.2. The van der Waals surface area contributed by atoms with E-state index < -0.39 is 73.2 Å². The van der Waals surface area contributed by atoms with Crippen LogP contribution in [0.1, 0.15) is 43.4 Å². The van der Waals surface area contributed by atoms with Gasteiger partial charge < -0.3 is 20.9 Å². The van der Waals surface area contributed by atoms with Gasteiger partial charge in [0.15, 0.2) is 11.0 Å². The summed E-state index contributed by atoms with van der Waals surface area (Å²) in [4.78, 5) is 42.6. The second-order valence-corrected chi connectivity index (χ2v) is 10.7. The third-order valence-electron chi connectivity index (χ3n) is 6.54. The van der Waals surface area contributed by atoms with Crippen molar-refractivity contribution in [3.63, 3.8) is 0 Å². The molecule has 4 rings (SSSR count). The van der Waals surface area contributed by atoms with E-state index in [4.69, 9.17) is 0 Å². The van der Waals surface area contributed by atoms with E-state index in [1.807, 2.05) is 5.32 Å². The highest BCUT2D eigenvalue weighted by Crippen LogP contribution is 2.38. The molecule has 204 valence electrons. The molecule has 3 aliphatic rings. The summed E-state index contributed by atoms with van der Waals surface area (Å²) in [5, 5.41) is 6.68. The Morgan fingerprint density at radius 1 is 1.24 bits per heavy atom. The van der Waals surface area contributed by atoms with Gasteiger partial charge in [0, 0.05) is 23.9 Å². The van der Waals surface area contributed by atoms with Crippen molar-refractivity contribution >= 4 is 34.3 Å². The van der Waals surface area contributed by atoms with Crippen LogP contribution in [-0.2, 0) is 16.1 Å². The normalized spacial score (nSPS) is 23.5. The number of urea groups is 1. The van der Waals surface area contributed by atoms with E-state index in [9.17, 15) is 40.7 Å². The molecule has 0 bridgehead atoms. The van der Waals surface area contributed by atoms with Gasteiger partial charge in [0.2, 0.25) is 11.8 Å². The van der Waals surface area contributed by atoms with E-state index in [2.05, 4.69) is 15.6 Å². The number of hydrogen-bond acceptors (Lipinski definition) is 5. The van der Waals surface area contributed by atoms with Crippen LogP contribution in [0.5, 0.6) is 0 Å². The molecule has 37 heavy (non-hydrogen) atoms. The van der Waals surface area contributed by atoms with Crippen molar-refractivity contribution in [1.29, 1.82) is 0 Å². The monoisotopic (exact) mass is 553 g/mol. The minimum atomic E-state index is -4.59. The summed E-state index contributed by atoms with van der Waals surface area (Å²) in [7, 11) is 0. The predicted molar refractivity (Wildman–Crippen MR) is 120 cm³/mol. The number of nitrogens with one attached hydrogen (secondary N) is 3. The first-order valence-corrected chi connectivity index (χ1v) is 12.6. The average molecular weight is 554 g/mol. The second kappa shape index (κ2) is 10.5. The van der Waals surface area contributed by atoms with E-state index in [-0.39, 0.29) is 30.4 Å². The second-order valence-electron chi connectivity index (χ2n) is 9.54. The molecule has 8 nitrogen and oxygen atoms in total. The van der Waals surface area contributed by atoms with Crippen molar-refractivity contribution in [3.05, 3.63) is 23.0 Å². The molecule has 3 fully saturated rings. The average Bonchev–Trinajstić information content (AvgIpc) is 3.38. The van der Waals surface area contributed by atoms with Gasteiger partial charge in [-0.15, -0.1) is 0 Å². The quantitative estimate of drug-likeness (QED) is 0.333. The molecule has 0 aromatic carbocycles. The van der Waals surface area contributed by atoms with Crippen molar-refractivity contribution in [2.24, 2.45) is 11.8 Å². The zero-order valence-corrected chi connectivity index (χ0v) is 20.2. The van der Waals surface area contributed by atoms with Gasteiger partial charge in [-0.3, -0.25) is 9.59 Å². The fourth-order valence-electron chi connectivity index (χ4n) is 4.27. The number of amides is 4. The molecule has 1 aliphatic heterocycles. The molecular formula is C22H25F6N5O3S. The lowest BCUT2D eigenvalue weighted by Gasteiger charge is -2.33. The Labute approximate surface area is 211 Å². The van der Waals surface area contributed by atoms with E-state index in [1.54, 1.807) is 0 Å². The van der Waals surface area contributed by atoms with Gasteiger partial charge in [0.1, 0.15) is 12.1 Å². The van der Waals surface area contributed by atoms with Gasteiger partial charge in [-0.2, -0.15) is 13.2 Å². The summed E-state index contributed by atoms with van der Waals surface area (Å²) >= 11 is 0.900. The van der Waals surface area contributed by atoms with Crippen molar-refractivity contribution in [3.8, 4) is 0 Å². The summed E-state index contributed by atoms with van der Waals surface area (Å²) in [5.74, 6) is -6.51. The Bertz CT molecular complexity index is 1060. The van der Waals surface area contributed by atoms with E-state index in [1.165, 1.54) is 12.3 Å². The Hall–Kier alpha value is -2.84. The highest BCUT2D eigenvalue weighted by atomic mass is 32.1. The molecule has 1 saturated heterocycles. The van der Waals surface area contributed by atoms with Gasteiger partial charge in [-0.25, -0.2) is 22.9 Å². The third kappa shape index (κ3) is 7.14. The zero-order chi connectivity index (χ0) is 27.0. The van der Waals surface area contributed by atoms with Crippen LogP contribution in [-0.4, -0.2) is 58.5 Å². The number of anilines is 1. The van der Waals surface area contributed by atoms with Gasteiger partial charge in [0.25, 0.3) is 5.91 Å². The molecule has 3 N–H and O–H groups in total. The van der Waals surface area contributed by atoms with Crippen LogP contribution in [0.2, 0.25) is 0 Å². The molecule has 4 amide bonds. The molecular weight excluding hydrogens is 528 g/mol. The van der Waals surface area contributed by atoms with Crippen LogP contribution < -0.4 is 16.0 Å². The number of rotatable bonds is 8. The molecule has 2 saturated carbocycles. The number of aromatic nitrogens is 1. The van der Waals surface area contributed by atoms with Gasteiger partial charge in [-0.05, 0) is 43.6 Å². The van der Waals surface area contributed by atoms with Crippen molar-refractivity contribution in [2.45, 2.75) is 69.3 Å².